The fraction of sp³-hybridized carbons (Fsp3) is 0.0476. The first-order chi connectivity index (χ1) is 23.0. The molecule has 0 N–H and O–H groups in total. The van der Waals surface area contributed by atoms with Gasteiger partial charge in [-0.1, -0.05) is 109 Å². The van der Waals surface area contributed by atoms with Crippen LogP contribution in [0.25, 0.3) is 64.9 Å². The molecule has 0 aliphatic carbocycles. The SMILES string of the molecule is C[Si](C)(Oc1cccc(-c2nccc3c2sc2ccccc23)c1)c1cccc(-c2cc(-c3ccccc3-c3ccccc3)ccn2)c1. The van der Waals surface area contributed by atoms with Crippen molar-refractivity contribution in [2.24, 2.45) is 0 Å². The second kappa shape index (κ2) is 12.1. The van der Waals surface area contributed by atoms with E-state index in [1.54, 1.807) is 11.3 Å². The third-order valence-corrected chi connectivity index (χ3v) is 12.4. The number of aromatic nitrogens is 2. The summed E-state index contributed by atoms with van der Waals surface area (Å²) in [4.78, 5) is 9.62. The second-order valence-corrected chi connectivity index (χ2v) is 17.1. The van der Waals surface area contributed by atoms with Gasteiger partial charge in [-0.25, -0.2) is 0 Å². The van der Waals surface area contributed by atoms with Gasteiger partial charge >= 0.3 is 0 Å². The molecular formula is C42H32N2OSSi. The van der Waals surface area contributed by atoms with Gasteiger partial charge in [-0.2, -0.15) is 0 Å². The maximum Gasteiger partial charge on any atom is 0.276 e. The Morgan fingerprint density at radius 1 is 0.532 bits per heavy atom. The maximum atomic E-state index is 6.86. The Labute approximate surface area is 280 Å². The highest BCUT2D eigenvalue weighted by atomic mass is 32.1. The predicted molar refractivity (Wildman–Crippen MR) is 201 cm³/mol. The van der Waals surface area contributed by atoms with Crippen LogP contribution >= 0.6 is 11.3 Å². The third kappa shape index (κ3) is 5.65. The summed E-state index contributed by atoms with van der Waals surface area (Å²) < 4.78 is 9.34. The van der Waals surface area contributed by atoms with Gasteiger partial charge in [-0.3, -0.25) is 9.97 Å². The molecule has 226 valence electrons. The Kier molecular flexibility index (Phi) is 7.48. The Morgan fingerprint density at radius 2 is 1.23 bits per heavy atom. The Bertz CT molecular complexity index is 2380. The van der Waals surface area contributed by atoms with Crippen LogP contribution in [0.2, 0.25) is 13.1 Å². The number of pyridine rings is 2. The van der Waals surface area contributed by atoms with E-state index >= 15 is 0 Å². The Hall–Kier alpha value is -5.36. The predicted octanol–water partition coefficient (Wildman–Crippen LogP) is 11.0. The molecule has 5 aromatic carbocycles. The summed E-state index contributed by atoms with van der Waals surface area (Å²) in [6.07, 6.45) is 3.83. The first kappa shape index (κ1) is 29.1. The molecule has 0 unspecified atom stereocenters. The van der Waals surface area contributed by atoms with Crippen LogP contribution in [0.4, 0.5) is 0 Å². The topological polar surface area (TPSA) is 35.0 Å². The van der Waals surface area contributed by atoms with Gasteiger partial charge in [0.05, 0.1) is 16.1 Å². The summed E-state index contributed by atoms with van der Waals surface area (Å²) in [7, 11) is -2.36. The molecule has 0 aliphatic heterocycles. The highest BCUT2D eigenvalue weighted by Crippen LogP contribution is 2.39. The number of hydrogen-bond donors (Lipinski definition) is 0. The molecule has 0 spiro atoms. The molecule has 0 amide bonds. The van der Waals surface area contributed by atoms with Crippen LogP contribution in [0.3, 0.4) is 0 Å². The number of hydrogen-bond acceptors (Lipinski definition) is 4. The molecule has 0 atom stereocenters. The van der Waals surface area contributed by atoms with Crippen LogP contribution in [0, 0.1) is 0 Å². The molecule has 0 saturated carbocycles. The van der Waals surface area contributed by atoms with Gasteiger partial charge in [-0.05, 0) is 76.9 Å². The molecule has 8 aromatic rings. The average molecular weight is 641 g/mol. The molecule has 3 heterocycles. The molecule has 0 aliphatic rings. The van der Waals surface area contributed by atoms with Gasteiger partial charge in [0.2, 0.25) is 0 Å². The summed E-state index contributed by atoms with van der Waals surface area (Å²) in [5.74, 6) is 0.863. The van der Waals surface area contributed by atoms with Crippen molar-refractivity contribution in [1.82, 2.24) is 9.97 Å². The molecule has 0 fully saturated rings. The van der Waals surface area contributed by atoms with Gasteiger partial charge in [0.25, 0.3) is 8.32 Å². The van der Waals surface area contributed by atoms with Crippen molar-refractivity contribution in [3.8, 4) is 50.5 Å². The zero-order valence-electron chi connectivity index (χ0n) is 26.2. The third-order valence-electron chi connectivity index (χ3n) is 8.71. The summed E-state index contributed by atoms with van der Waals surface area (Å²) in [6, 6.07) is 51.2. The number of fused-ring (bicyclic) bond motifs is 3. The molecule has 0 saturated heterocycles. The lowest BCUT2D eigenvalue weighted by Crippen LogP contribution is -2.47. The molecule has 3 nitrogen and oxygen atoms in total. The minimum Gasteiger partial charge on any atom is -0.540 e. The summed E-state index contributed by atoms with van der Waals surface area (Å²) >= 11 is 1.80. The van der Waals surface area contributed by atoms with E-state index in [1.807, 2.05) is 12.4 Å². The fourth-order valence-corrected chi connectivity index (χ4v) is 9.38. The molecule has 3 aromatic heterocycles. The van der Waals surface area contributed by atoms with Gasteiger partial charge in [0.1, 0.15) is 5.75 Å². The number of nitrogens with zero attached hydrogens (tertiary/aromatic N) is 2. The Morgan fingerprint density at radius 3 is 2.11 bits per heavy atom. The van der Waals surface area contributed by atoms with Gasteiger partial charge < -0.3 is 4.43 Å². The minimum absolute atomic E-state index is 0.863. The molecule has 5 heteroatoms. The van der Waals surface area contributed by atoms with Crippen molar-refractivity contribution in [3.63, 3.8) is 0 Å². The summed E-state index contributed by atoms with van der Waals surface area (Å²) in [5.41, 5.74) is 8.84. The number of benzene rings is 5. The summed E-state index contributed by atoms with van der Waals surface area (Å²) in [6.45, 7) is 4.51. The van der Waals surface area contributed by atoms with E-state index in [-0.39, 0.29) is 0 Å². The molecule has 8 rings (SSSR count). The van der Waals surface area contributed by atoms with E-state index in [0.29, 0.717) is 0 Å². The lowest BCUT2D eigenvalue weighted by Gasteiger charge is -2.25. The van der Waals surface area contributed by atoms with E-state index in [1.165, 1.54) is 42.0 Å². The van der Waals surface area contributed by atoms with E-state index in [9.17, 15) is 0 Å². The standard InChI is InChI=1S/C42H32N2OSSi/c1-47(2,45-33-16-10-15-32(26-33)41-42-38(23-25-44-41)37-20-8-9-21-40(37)46-42)34-17-11-14-31(27-34)39-28-30(22-24-43-39)36-19-7-6-18-35(36)29-12-4-3-5-13-29/h3-28H,1-2H3. The van der Waals surface area contributed by atoms with Crippen LogP contribution in [-0.4, -0.2) is 18.3 Å². The highest BCUT2D eigenvalue weighted by molar-refractivity contribution is 7.26. The normalized spacial score (nSPS) is 11.6. The first-order valence-electron chi connectivity index (χ1n) is 15.8. The molecular weight excluding hydrogens is 609 g/mol. The number of thiophene rings is 1. The highest BCUT2D eigenvalue weighted by Gasteiger charge is 2.28. The van der Waals surface area contributed by atoms with E-state index in [4.69, 9.17) is 14.4 Å². The fourth-order valence-electron chi connectivity index (χ4n) is 6.33. The van der Waals surface area contributed by atoms with Crippen molar-refractivity contribution < 1.29 is 4.43 Å². The molecule has 0 radical (unpaired) electrons. The van der Waals surface area contributed by atoms with E-state index in [2.05, 4.69) is 159 Å². The van der Waals surface area contributed by atoms with Crippen LogP contribution in [-0.2, 0) is 0 Å². The molecule has 0 bridgehead atoms. The lowest BCUT2D eigenvalue weighted by molar-refractivity contribution is 0.565. The van der Waals surface area contributed by atoms with Crippen LogP contribution in [0.15, 0.2) is 158 Å². The van der Waals surface area contributed by atoms with E-state index < -0.39 is 8.32 Å². The first-order valence-corrected chi connectivity index (χ1v) is 19.5. The zero-order valence-corrected chi connectivity index (χ0v) is 28.0. The Balaban J connectivity index is 1.10. The maximum absolute atomic E-state index is 6.86. The van der Waals surface area contributed by atoms with Crippen LogP contribution in [0.5, 0.6) is 5.75 Å². The van der Waals surface area contributed by atoms with Crippen molar-refractivity contribution in [2.75, 3.05) is 0 Å². The van der Waals surface area contributed by atoms with E-state index in [0.717, 1.165) is 33.8 Å². The number of rotatable bonds is 7. The van der Waals surface area contributed by atoms with Crippen molar-refractivity contribution in [1.29, 1.82) is 0 Å². The summed E-state index contributed by atoms with van der Waals surface area (Å²) in [5, 5.41) is 3.73. The van der Waals surface area contributed by atoms with Crippen LogP contribution in [0.1, 0.15) is 0 Å². The quantitative estimate of drug-likeness (QED) is 0.163. The van der Waals surface area contributed by atoms with Gasteiger partial charge in [0.15, 0.2) is 0 Å². The average Bonchev–Trinajstić information content (AvgIpc) is 3.51. The second-order valence-electron chi connectivity index (χ2n) is 12.2. The van der Waals surface area contributed by atoms with Crippen molar-refractivity contribution >= 4 is 45.0 Å². The lowest BCUT2D eigenvalue weighted by atomic mass is 9.94. The monoisotopic (exact) mass is 640 g/mol. The molecule has 47 heavy (non-hydrogen) atoms. The zero-order chi connectivity index (χ0) is 31.8. The minimum atomic E-state index is -2.36. The van der Waals surface area contributed by atoms with Crippen molar-refractivity contribution in [3.05, 3.63) is 158 Å². The van der Waals surface area contributed by atoms with Crippen molar-refractivity contribution in [2.45, 2.75) is 13.1 Å². The van der Waals surface area contributed by atoms with Gasteiger partial charge in [-0.15, -0.1) is 11.3 Å². The van der Waals surface area contributed by atoms with Crippen LogP contribution < -0.4 is 9.61 Å². The van der Waals surface area contributed by atoms with Gasteiger partial charge in [0, 0.05) is 39.0 Å². The smallest absolute Gasteiger partial charge is 0.276 e. The largest absolute Gasteiger partial charge is 0.540 e.